The van der Waals surface area contributed by atoms with Crippen molar-refractivity contribution in [2.75, 3.05) is 6.61 Å². The number of carboxylic acids is 1. The van der Waals surface area contributed by atoms with Gasteiger partial charge in [-0.15, -0.1) is 0 Å². The van der Waals surface area contributed by atoms with Gasteiger partial charge in [-0.2, -0.15) is 0 Å². The Hall–Kier alpha value is -3.35. The van der Waals surface area contributed by atoms with E-state index in [-0.39, 0.29) is 30.8 Å². The van der Waals surface area contributed by atoms with Crippen LogP contribution >= 0.6 is 0 Å². The molecule has 0 heterocycles. The minimum Gasteiger partial charge on any atom is -0.481 e. The Morgan fingerprint density at radius 3 is 2.06 bits per heavy atom. The van der Waals surface area contributed by atoms with Gasteiger partial charge in [-0.25, -0.2) is 4.79 Å². The summed E-state index contributed by atoms with van der Waals surface area (Å²) in [4.78, 5) is 36.7. The monoisotopic (exact) mass is 466 g/mol. The second kappa shape index (κ2) is 11.7. The number of carbonyl (C=O) groups excluding carboxylic acids is 2. The molecule has 0 fully saturated rings. The molecule has 0 saturated heterocycles. The van der Waals surface area contributed by atoms with Gasteiger partial charge in [-0.3, -0.25) is 9.59 Å². The van der Waals surface area contributed by atoms with Crippen molar-refractivity contribution in [3.05, 3.63) is 59.7 Å². The fourth-order valence-electron chi connectivity index (χ4n) is 4.39. The van der Waals surface area contributed by atoms with Crippen LogP contribution in [-0.4, -0.2) is 41.8 Å². The Labute approximate surface area is 200 Å². The predicted molar refractivity (Wildman–Crippen MR) is 131 cm³/mol. The zero-order valence-corrected chi connectivity index (χ0v) is 20.0. The van der Waals surface area contributed by atoms with Crippen LogP contribution in [0.1, 0.15) is 63.5 Å². The molecule has 0 saturated carbocycles. The maximum atomic E-state index is 12.9. The van der Waals surface area contributed by atoms with Gasteiger partial charge in [0.25, 0.3) is 0 Å². The first-order valence-corrected chi connectivity index (χ1v) is 12.0. The predicted octanol–water partition coefficient (Wildman–Crippen LogP) is 4.70. The molecule has 0 bridgehead atoms. The summed E-state index contributed by atoms with van der Waals surface area (Å²) in [6.07, 6.45) is 0.956. The van der Waals surface area contributed by atoms with Gasteiger partial charge in [0, 0.05) is 12.0 Å². The number of fused-ring (bicyclic) bond motifs is 3. The van der Waals surface area contributed by atoms with Gasteiger partial charge in [0.05, 0.1) is 6.42 Å². The van der Waals surface area contributed by atoms with E-state index in [1.807, 2.05) is 57.2 Å². The van der Waals surface area contributed by atoms with Crippen LogP contribution in [0.4, 0.5) is 4.79 Å². The summed E-state index contributed by atoms with van der Waals surface area (Å²) < 4.78 is 5.61. The fourth-order valence-corrected chi connectivity index (χ4v) is 4.39. The van der Waals surface area contributed by atoms with Crippen LogP contribution in [0.25, 0.3) is 11.1 Å². The lowest BCUT2D eigenvalue weighted by Crippen LogP contribution is -2.50. The van der Waals surface area contributed by atoms with E-state index in [0.29, 0.717) is 12.8 Å². The maximum Gasteiger partial charge on any atom is 0.407 e. The average molecular weight is 467 g/mol. The number of aliphatic carboxylic acids is 1. The molecule has 2 unspecified atom stereocenters. The Kier molecular flexibility index (Phi) is 8.68. The van der Waals surface area contributed by atoms with Crippen molar-refractivity contribution >= 4 is 18.0 Å². The molecule has 3 N–H and O–H groups in total. The van der Waals surface area contributed by atoms with Crippen molar-refractivity contribution in [2.45, 2.75) is 64.5 Å². The van der Waals surface area contributed by atoms with E-state index in [2.05, 4.69) is 22.8 Å². The number of ether oxygens (including phenoxy) is 1. The van der Waals surface area contributed by atoms with Crippen molar-refractivity contribution in [3.8, 4) is 11.1 Å². The molecule has 2 aromatic rings. The molecule has 0 aliphatic heterocycles. The summed E-state index contributed by atoms with van der Waals surface area (Å²) in [7, 11) is 0. The largest absolute Gasteiger partial charge is 0.481 e. The molecule has 7 heteroatoms. The smallest absolute Gasteiger partial charge is 0.407 e. The van der Waals surface area contributed by atoms with Crippen molar-refractivity contribution in [1.82, 2.24) is 10.6 Å². The highest BCUT2D eigenvalue weighted by Crippen LogP contribution is 2.44. The topological polar surface area (TPSA) is 105 Å². The Balaban J connectivity index is 1.66. The second-order valence-electron chi connectivity index (χ2n) is 8.98. The van der Waals surface area contributed by atoms with E-state index in [9.17, 15) is 14.4 Å². The zero-order valence-electron chi connectivity index (χ0n) is 20.0. The molecule has 7 nitrogen and oxygen atoms in total. The van der Waals surface area contributed by atoms with Gasteiger partial charge >= 0.3 is 12.1 Å². The van der Waals surface area contributed by atoms with Gasteiger partial charge < -0.3 is 20.5 Å². The molecule has 2 aromatic carbocycles. The van der Waals surface area contributed by atoms with E-state index in [1.54, 1.807) is 0 Å². The van der Waals surface area contributed by atoms with Crippen molar-refractivity contribution in [1.29, 1.82) is 0 Å². The third-order valence-corrected chi connectivity index (χ3v) is 6.55. The molecule has 0 aromatic heterocycles. The van der Waals surface area contributed by atoms with E-state index >= 15 is 0 Å². The van der Waals surface area contributed by atoms with E-state index in [0.717, 1.165) is 28.7 Å². The average Bonchev–Trinajstić information content (AvgIpc) is 3.15. The summed E-state index contributed by atoms with van der Waals surface area (Å²) in [6.45, 7) is 6.01. The normalized spacial score (nSPS) is 14.9. The quantitative estimate of drug-likeness (QED) is 0.445. The molecule has 3 atom stereocenters. The molecule has 182 valence electrons. The molecule has 0 spiro atoms. The number of hydrogen-bond acceptors (Lipinski definition) is 4. The van der Waals surface area contributed by atoms with Crippen LogP contribution < -0.4 is 10.6 Å². The first-order valence-electron chi connectivity index (χ1n) is 12.0. The number of benzene rings is 2. The second-order valence-corrected chi connectivity index (χ2v) is 8.98. The van der Waals surface area contributed by atoms with Crippen LogP contribution in [0, 0.1) is 5.92 Å². The maximum absolute atomic E-state index is 12.9. The molecule has 0 radical (unpaired) electrons. The highest BCUT2D eigenvalue weighted by atomic mass is 16.5. The van der Waals surface area contributed by atoms with E-state index in [4.69, 9.17) is 9.84 Å². The van der Waals surface area contributed by atoms with Gasteiger partial charge in [0.2, 0.25) is 5.91 Å². The van der Waals surface area contributed by atoms with Gasteiger partial charge in [-0.1, -0.05) is 75.7 Å². The summed E-state index contributed by atoms with van der Waals surface area (Å²) in [5.74, 6) is -1.23. The van der Waals surface area contributed by atoms with Crippen molar-refractivity contribution in [3.63, 3.8) is 0 Å². The number of nitrogens with one attached hydrogen (secondary N) is 2. The molecule has 3 rings (SSSR count). The lowest BCUT2D eigenvalue weighted by molar-refractivity contribution is -0.137. The minimum absolute atomic E-state index is 0.0694. The number of hydrogen-bond donors (Lipinski definition) is 3. The van der Waals surface area contributed by atoms with Gasteiger partial charge in [0.15, 0.2) is 0 Å². The van der Waals surface area contributed by atoms with Crippen LogP contribution in [-0.2, 0) is 14.3 Å². The third kappa shape index (κ3) is 6.16. The van der Waals surface area contributed by atoms with E-state index in [1.165, 1.54) is 0 Å². The summed E-state index contributed by atoms with van der Waals surface area (Å²) in [5, 5.41) is 14.5. The summed E-state index contributed by atoms with van der Waals surface area (Å²) >= 11 is 0. The van der Waals surface area contributed by atoms with Gasteiger partial charge in [-0.05, 0) is 41.0 Å². The highest BCUT2D eigenvalue weighted by molar-refractivity contribution is 5.86. The number of alkyl carbamates (subject to hydrolysis) is 1. The first-order chi connectivity index (χ1) is 16.3. The number of carboxylic acid groups (broad SMARTS) is 1. The molecular formula is C27H34N2O5. The fraction of sp³-hybridized carbons (Fsp3) is 0.444. The molecule has 34 heavy (non-hydrogen) atoms. The Morgan fingerprint density at radius 1 is 0.941 bits per heavy atom. The van der Waals surface area contributed by atoms with Crippen LogP contribution in [0.3, 0.4) is 0 Å². The third-order valence-electron chi connectivity index (χ3n) is 6.55. The zero-order chi connectivity index (χ0) is 24.7. The van der Waals surface area contributed by atoms with Crippen LogP contribution in [0.15, 0.2) is 48.5 Å². The number of amides is 2. The van der Waals surface area contributed by atoms with Crippen LogP contribution in [0.5, 0.6) is 0 Å². The number of carbonyl (C=O) groups is 3. The lowest BCUT2D eigenvalue weighted by Gasteiger charge is -2.24. The number of rotatable bonds is 11. The SMILES string of the molecule is CCC(C)CC(NC(=O)OCC1c2ccccc2-c2ccccc21)C(=O)N[C@@H](CC)CC(=O)O. The van der Waals surface area contributed by atoms with E-state index < -0.39 is 24.1 Å². The highest BCUT2D eigenvalue weighted by Gasteiger charge is 2.30. The van der Waals surface area contributed by atoms with Crippen molar-refractivity contribution in [2.24, 2.45) is 5.92 Å². The lowest BCUT2D eigenvalue weighted by atomic mass is 9.98. The standard InChI is InChI=1S/C27H34N2O5/c1-4-17(3)14-24(26(32)28-18(5-2)15-25(30)31)29-27(33)34-16-23-21-12-8-6-10-19(21)20-11-7-9-13-22(20)23/h6-13,17-18,23-24H,4-5,14-16H2,1-3H3,(H,28,32)(H,29,33)(H,30,31)/t17?,18-,24?/m0/s1. The summed E-state index contributed by atoms with van der Waals surface area (Å²) in [6, 6.07) is 14.9. The Morgan fingerprint density at radius 2 is 1.53 bits per heavy atom. The first kappa shape index (κ1) is 25.3. The minimum atomic E-state index is -0.977. The van der Waals surface area contributed by atoms with Crippen LogP contribution in [0.2, 0.25) is 0 Å². The van der Waals surface area contributed by atoms with Gasteiger partial charge in [0.1, 0.15) is 12.6 Å². The molecular weight excluding hydrogens is 432 g/mol. The molecule has 1 aliphatic rings. The molecule has 1 aliphatic carbocycles. The Bertz CT molecular complexity index is 976. The molecule has 2 amide bonds. The summed E-state index contributed by atoms with van der Waals surface area (Å²) in [5.41, 5.74) is 4.52. The van der Waals surface area contributed by atoms with Crippen molar-refractivity contribution < 1.29 is 24.2 Å².